The van der Waals surface area contributed by atoms with Gasteiger partial charge in [0.15, 0.2) is 0 Å². The number of amides is 1. The fourth-order valence-electron chi connectivity index (χ4n) is 1.09. The Morgan fingerprint density at radius 2 is 2.53 bits per heavy atom. The zero-order valence-corrected chi connectivity index (χ0v) is 8.77. The Labute approximate surface area is 88.4 Å². The lowest BCUT2D eigenvalue weighted by Gasteiger charge is -2.03. The number of nitrogens with two attached hydrogens (primary N) is 1. The number of nitrogens with one attached hydrogen (secondary N) is 1. The van der Waals surface area contributed by atoms with Gasteiger partial charge >= 0.3 is 0 Å². The third-order valence-corrected chi connectivity index (χ3v) is 1.86. The maximum atomic E-state index is 11.3. The molecule has 1 rings (SSSR count). The highest BCUT2D eigenvalue weighted by Gasteiger charge is 2.03. The summed E-state index contributed by atoms with van der Waals surface area (Å²) in [5, 5.41) is 6.70. The van der Waals surface area contributed by atoms with Crippen molar-refractivity contribution in [2.45, 2.75) is 13.1 Å². The quantitative estimate of drug-likeness (QED) is 0.599. The van der Waals surface area contributed by atoms with E-state index in [9.17, 15) is 4.79 Å². The van der Waals surface area contributed by atoms with Gasteiger partial charge < -0.3 is 15.8 Å². The molecule has 0 spiro atoms. The van der Waals surface area contributed by atoms with Crippen molar-refractivity contribution in [1.29, 1.82) is 0 Å². The van der Waals surface area contributed by atoms with Gasteiger partial charge in [-0.05, 0) is 0 Å². The summed E-state index contributed by atoms with van der Waals surface area (Å²) in [5.74, 6) is -0.0845. The lowest BCUT2D eigenvalue weighted by atomic mass is 10.4. The Bertz CT molecular complexity index is 311. The predicted molar refractivity (Wildman–Crippen MR) is 55.0 cm³/mol. The first-order chi connectivity index (χ1) is 7.26. The molecule has 0 aromatic carbocycles. The number of hydrogen-bond acceptors (Lipinski definition) is 4. The molecule has 3 N–H and O–H groups in total. The van der Waals surface area contributed by atoms with Gasteiger partial charge in [0.1, 0.15) is 6.54 Å². The van der Waals surface area contributed by atoms with Crippen LogP contribution in [0.4, 0.5) is 0 Å². The number of nitrogens with zero attached hydrogens (tertiary/aromatic N) is 2. The van der Waals surface area contributed by atoms with E-state index >= 15 is 0 Å². The van der Waals surface area contributed by atoms with Crippen molar-refractivity contribution in [3.63, 3.8) is 0 Å². The molecule has 0 aliphatic heterocycles. The summed E-state index contributed by atoms with van der Waals surface area (Å²) in [4.78, 5) is 11.3. The number of methoxy groups -OCH3 is 1. The Balaban J connectivity index is 2.31. The summed E-state index contributed by atoms with van der Waals surface area (Å²) in [6.07, 6.45) is 3.42. The minimum atomic E-state index is -0.0845. The Hall–Kier alpha value is -1.40. The molecule has 0 unspecified atom stereocenters. The normalized spacial score (nSPS) is 10.3. The van der Waals surface area contributed by atoms with E-state index in [1.807, 2.05) is 0 Å². The topological polar surface area (TPSA) is 82.2 Å². The van der Waals surface area contributed by atoms with Gasteiger partial charge in [-0.3, -0.25) is 9.48 Å². The molecule has 1 aromatic rings. The average molecular weight is 212 g/mol. The summed E-state index contributed by atoms with van der Waals surface area (Å²) in [7, 11) is 1.59. The second-order valence-electron chi connectivity index (χ2n) is 3.09. The zero-order valence-electron chi connectivity index (χ0n) is 8.77. The van der Waals surface area contributed by atoms with E-state index in [4.69, 9.17) is 10.5 Å². The summed E-state index contributed by atoms with van der Waals surface area (Å²) >= 11 is 0. The van der Waals surface area contributed by atoms with Crippen molar-refractivity contribution >= 4 is 5.91 Å². The number of hydrogen-bond donors (Lipinski definition) is 2. The molecule has 0 saturated carbocycles. The van der Waals surface area contributed by atoms with Gasteiger partial charge in [-0.1, -0.05) is 0 Å². The summed E-state index contributed by atoms with van der Waals surface area (Å²) in [6, 6.07) is 0. The van der Waals surface area contributed by atoms with Gasteiger partial charge in [0.2, 0.25) is 5.91 Å². The van der Waals surface area contributed by atoms with Crippen molar-refractivity contribution in [1.82, 2.24) is 15.1 Å². The van der Waals surface area contributed by atoms with Crippen LogP contribution in [-0.2, 0) is 22.6 Å². The molecule has 0 fully saturated rings. The van der Waals surface area contributed by atoms with Crippen LogP contribution in [0.3, 0.4) is 0 Å². The van der Waals surface area contributed by atoms with Crippen molar-refractivity contribution in [3.8, 4) is 0 Å². The minimum Gasteiger partial charge on any atom is -0.383 e. The van der Waals surface area contributed by atoms with Crippen LogP contribution in [0.25, 0.3) is 0 Å². The molecule has 6 heteroatoms. The third kappa shape index (κ3) is 4.09. The fourth-order valence-corrected chi connectivity index (χ4v) is 1.09. The molecule has 84 valence electrons. The molecule has 1 aromatic heterocycles. The molecule has 15 heavy (non-hydrogen) atoms. The van der Waals surface area contributed by atoms with Crippen LogP contribution in [0.15, 0.2) is 12.4 Å². The molecule has 0 aliphatic rings. The van der Waals surface area contributed by atoms with Crippen molar-refractivity contribution < 1.29 is 9.53 Å². The molecule has 0 radical (unpaired) electrons. The number of carbonyl (C=O) groups excluding carboxylic acids is 1. The Kier molecular flexibility index (Phi) is 4.79. The first kappa shape index (κ1) is 11.7. The summed E-state index contributed by atoms with van der Waals surface area (Å²) < 4.78 is 6.37. The molecule has 0 atom stereocenters. The van der Waals surface area contributed by atoms with Crippen LogP contribution in [0.1, 0.15) is 5.56 Å². The van der Waals surface area contributed by atoms with E-state index < -0.39 is 0 Å². The standard InChI is InChI=1S/C9H16N4O2/c1-15-3-2-11-9(14)7-13-6-8(4-10)5-12-13/h5-6H,2-4,7,10H2,1H3,(H,11,14). The molecule has 0 saturated heterocycles. The van der Waals surface area contributed by atoms with Gasteiger partial charge in [-0.25, -0.2) is 0 Å². The highest BCUT2D eigenvalue weighted by Crippen LogP contribution is 1.94. The largest absolute Gasteiger partial charge is 0.383 e. The molecular formula is C9H16N4O2. The van der Waals surface area contributed by atoms with Crippen LogP contribution < -0.4 is 11.1 Å². The van der Waals surface area contributed by atoms with Crippen molar-refractivity contribution in [2.24, 2.45) is 5.73 Å². The second kappa shape index (κ2) is 6.15. The number of carbonyl (C=O) groups is 1. The van der Waals surface area contributed by atoms with Crippen LogP contribution in [-0.4, -0.2) is 35.9 Å². The maximum absolute atomic E-state index is 11.3. The highest BCUT2D eigenvalue weighted by atomic mass is 16.5. The number of rotatable bonds is 6. The number of ether oxygens (including phenoxy) is 1. The van der Waals surface area contributed by atoms with Crippen molar-refractivity contribution in [2.75, 3.05) is 20.3 Å². The fraction of sp³-hybridized carbons (Fsp3) is 0.556. The Morgan fingerprint density at radius 3 is 3.13 bits per heavy atom. The van der Waals surface area contributed by atoms with Crippen LogP contribution >= 0.6 is 0 Å². The predicted octanol–water partition coefficient (Wildman–Crippen LogP) is -0.896. The van der Waals surface area contributed by atoms with Gasteiger partial charge in [0, 0.05) is 32.0 Å². The summed E-state index contributed by atoms with van der Waals surface area (Å²) in [6.45, 7) is 1.67. The molecule has 1 amide bonds. The molecule has 1 heterocycles. The number of aromatic nitrogens is 2. The van der Waals surface area contributed by atoms with Crippen LogP contribution in [0.2, 0.25) is 0 Å². The summed E-state index contributed by atoms with van der Waals surface area (Å²) in [5.41, 5.74) is 6.34. The van der Waals surface area contributed by atoms with E-state index in [1.165, 1.54) is 0 Å². The smallest absolute Gasteiger partial charge is 0.241 e. The van der Waals surface area contributed by atoms with Gasteiger partial charge in [0.25, 0.3) is 0 Å². The van der Waals surface area contributed by atoms with E-state index in [2.05, 4.69) is 10.4 Å². The first-order valence-corrected chi connectivity index (χ1v) is 4.73. The molecule has 0 bridgehead atoms. The minimum absolute atomic E-state index is 0.0845. The lowest BCUT2D eigenvalue weighted by molar-refractivity contribution is -0.122. The van der Waals surface area contributed by atoms with Gasteiger partial charge in [-0.15, -0.1) is 0 Å². The molecule has 6 nitrogen and oxygen atoms in total. The van der Waals surface area contributed by atoms with E-state index in [0.29, 0.717) is 19.7 Å². The second-order valence-corrected chi connectivity index (χ2v) is 3.09. The van der Waals surface area contributed by atoms with E-state index in [1.54, 1.807) is 24.2 Å². The van der Waals surface area contributed by atoms with Gasteiger partial charge in [-0.2, -0.15) is 5.10 Å². The third-order valence-electron chi connectivity index (χ3n) is 1.86. The van der Waals surface area contributed by atoms with Crippen molar-refractivity contribution in [3.05, 3.63) is 18.0 Å². The first-order valence-electron chi connectivity index (χ1n) is 4.73. The SMILES string of the molecule is COCCNC(=O)Cn1cc(CN)cn1. The monoisotopic (exact) mass is 212 g/mol. The Morgan fingerprint density at radius 1 is 1.73 bits per heavy atom. The zero-order chi connectivity index (χ0) is 11.1. The van der Waals surface area contributed by atoms with Gasteiger partial charge in [0.05, 0.1) is 12.8 Å². The van der Waals surface area contributed by atoms with E-state index in [0.717, 1.165) is 5.56 Å². The van der Waals surface area contributed by atoms with E-state index in [-0.39, 0.29) is 12.5 Å². The highest BCUT2D eigenvalue weighted by molar-refractivity contribution is 5.75. The molecular weight excluding hydrogens is 196 g/mol. The lowest BCUT2D eigenvalue weighted by Crippen LogP contribution is -2.30. The maximum Gasteiger partial charge on any atom is 0.241 e. The van der Waals surface area contributed by atoms with Crippen LogP contribution in [0, 0.1) is 0 Å². The average Bonchev–Trinajstić information content (AvgIpc) is 2.66. The van der Waals surface area contributed by atoms with Crippen LogP contribution in [0.5, 0.6) is 0 Å². The molecule has 0 aliphatic carbocycles.